The highest BCUT2D eigenvalue weighted by Gasteiger charge is 2.43. The SMILES string of the molecule is C=CC(=O)NCC(=O)N[C@@H]1CC2(CCCC2)Oc2ccc(F)cc21. The largest absolute Gasteiger partial charge is 0.487 e. The van der Waals surface area contributed by atoms with Crippen LogP contribution in [-0.2, 0) is 9.59 Å². The van der Waals surface area contributed by atoms with Gasteiger partial charge in [-0.2, -0.15) is 0 Å². The summed E-state index contributed by atoms with van der Waals surface area (Å²) in [7, 11) is 0. The molecule has 128 valence electrons. The first-order valence-corrected chi connectivity index (χ1v) is 8.19. The van der Waals surface area contributed by atoms with E-state index in [1.807, 2.05) is 0 Å². The van der Waals surface area contributed by atoms with Gasteiger partial charge in [0.2, 0.25) is 11.8 Å². The number of hydrogen-bond donors (Lipinski definition) is 2. The zero-order valence-corrected chi connectivity index (χ0v) is 13.4. The predicted octanol–water partition coefficient (Wildman–Crippen LogP) is 2.38. The van der Waals surface area contributed by atoms with Crippen molar-refractivity contribution in [2.75, 3.05) is 6.54 Å². The average molecular weight is 332 g/mol. The van der Waals surface area contributed by atoms with Gasteiger partial charge in [-0.1, -0.05) is 6.58 Å². The predicted molar refractivity (Wildman–Crippen MR) is 86.9 cm³/mol. The molecule has 0 saturated heterocycles. The Hall–Kier alpha value is -2.37. The Morgan fingerprint density at radius 2 is 2.12 bits per heavy atom. The van der Waals surface area contributed by atoms with E-state index in [1.54, 1.807) is 6.07 Å². The minimum absolute atomic E-state index is 0.139. The number of carbonyl (C=O) groups is 2. The van der Waals surface area contributed by atoms with Gasteiger partial charge in [-0.25, -0.2) is 4.39 Å². The lowest BCUT2D eigenvalue weighted by atomic mass is 9.86. The summed E-state index contributed by atoms with van der Waals surface area (Å²) in [6.07, 6.45) is 5.77. The van der Waals surface area contributed by atoms with Crippen LogP contribution in [0, 0.1) is 5.82 Å². The maximum Gasteiger partial charge on any atom is 0.243 e. The summed E-state index contributed by atoms with van der Waals surface area (Å²) in [5.41, 5.74) is 0.364. The summed E-state index contributed by atoms with van der Waals surface area (Å²) in [5, 5.41) is 5.34. The second-order valence-electron chi connectivity index (χ2n) is 6.42. The van der Waals surface area contributed by atoms with Crippen LogP contribution in [0.2, 0.25) is 0 Å². The Balaban J connectivity index is 1.77. The van der Waals surface area contributed by atoms with E-state index in [-0.39, 0.29) is 29.9 Å². The molecule has 1 aromatic rings. The molecule has 1 atom stereocenters. The van der Waals surface area contributed by atoms with E-state index in [4.69, 9.17) is 4.74 Å². The molecule has 2 aliphatic rings. The number of fused-ring (bicyclic) bond motifs is 1. The first-order chi connectivity index (χ1) is 11.5. The Morgan fingerprint density at radius 3 is 2.83 bits per heavy atom. The molecule has 24 heavy (non-hydrogen) atoms. The molecule has 1 aromatic carbocycles. The molecule has 0 unspecified atom stereocenters. The van der Waals surface area contributed by atoms with Crippen LogP contribution >= 0.6 is 0 Å². The third kappa shape index (κ3) is 3.42. The van der Waals surface area contributed by atoms with Crippen molar-refractivity contribution in [1.82, 2.24) is 10.6 Å². The normalized spacial score (nSPS) is 20.8. The zero-order valence-electron chi connectivity index (χ0n) is 13.4. The van der Waals surface area contributed by atoms with Gasteiger partial charge in [0.05, 0.1) is 12.6 Å². The van der Waals surface area contributed by atoms with Crippen molar-refractivity contribution < 1.29 is 18.7 Å². The fraction of sp³-hybridized carbons (Fsp3) is 0.444. The van der Waals surface area contributed by atoms with E-state index in [0.717, 1.165) is 31.8 Å². The first kappa shape index (κ1) is 16.5. The lowest BCUT2D eigenvalue weighted by Gasteiger charge is -2.40. The molecular weight excluding hydrogens is 311 g/mol. The molecule has 5 nitrogen and oxygen atoms in total. The molecule has 2 amide bonds. The molecule has 1 aliphatic heterocycles. The van der Waals surface area contributed by atoms with Gasteiger partial charge in [-0.15, -0.1) is 0 Å². The van der Waals surface area contributed by atoms with E-state index >= 15 is 0 Å². The van der Waals surface area contributed by atoms with Crippen molar-refractivity contribution in [1.29, 1.82) is 0 Å². The van der Waals surface area contributed by atoms with Crippen LogP contribution < -0.4 is 15.4 Å². The monoisotopic (exact) mass is 332 g/mol. The highest BCUT2D eigenvalue weighted by atomic mass is 19.1. The quantitative estimate of drug-likeness (QED) is 0.832. The third-order valence-corrected chi connectivity index (χ3v) is 4.71. The molecule has 1 heterocycles. The Morgan fingerprint density at radius 1 is 1.38 bits per heavy atom. The van der Waals surface area contributed by atoms with E-state index < -0.39 is 5.91 Å². The maximum atomic E-state index is 13.6. The molecule has 0 bridgehead atoms. The van der Waals surface area contributed by atoms with Gasteiger partial charge >= 0.3 is 0 Å². The number of halogens is 1. The van der Waals surface area contributed by atoms with Gasteiger partial charge in [0.25, 0.3) is 0 Å². The summed E-state index contributed by atoms with van der Waals surface area (Å²) in [4.78, 5) is 23.3. The van der Waals surface area contributed by atoms with Crippen LogP contribution in [0.3, 0.4) is 0 Å². The zero-order chi connectivity index (χ0) is 17.2. The molecule has 6 heteroatoms. The molecule has 1 aliphatic carbocycles. The number of benzene rings is 1. The summed E-state index contributed by atoms with van der Waals surface area (Å²) < 4.78 is 19.8. The smallest absolute Gasteiger partial charge is 0.243 e. The van der Waals surface area contributed by atoms with Gasteiger partial charge in [-0.3, -0.25) is 9.59 Å². The van der Waals surface area contributed by atoms with Crippen LogP contribution in [0.5, 0.6) is 5.75 Å². The van der Waals surface area contributed by atoms with Gasteiger partial charge in [0.15, 0.2) is 0 Å². The Kier molecular flexibility index (Phi) is 4.55. The van der Waals surface area contributed by atoms with Crippen molar-refractivity contribution in [3.8, 4) is 5.75 Å². The Bertz CT molecular complexity index is 668. The average Bonchev–Trinajstić information content (AvgIpc) is 3.01. The molecular formula is C18H21FN2O3. The van der Waals surface area contributed by atoms with Gasteiger partial charge < -0.3 is 15.4 Å². The van der Waals surface area contributed by atoms with Crippen molar-refractivity contribution in [2.45, 2.75) is 43.7 Å². The molecule has 2 N–H and O–H groups in total. The highest BCUT2D eigenvalue weighted by molar-refractivity contribution is 5.90. The summed E-state index contributed by atoms with van der Waals surface area (Å²) in [5.74, 6) is -0.458. The Labute approximate surface area is 140 Å². The van der Waals surface area contributed by atoms with E-state index in [9.17, 15) is 14.0 Å². The number of carbonyl (C=O) groups excluding carboxylic acids is 2. The third-order valence-electron chi connectivity index (χ3n) is 4.71. The van der Waals surface area contributed by atoms with Crippen molar-refractivity contribution in [3.05, 3.63) is 42.2 Å². The standard InChI is InChI=1S/C18H21FN2O3/c1-2-16(22)20-11-17(23)21-14-10-18(7-3-4-8-18)24-15-6-5-12(19)9-13(14)15/h2,5-6,9,14H,1,3-4,7-8,10-11H2,(H,20,22)(H,21,23)/t14-/m1/s1. The van der Waals surface area contributed by atoms with Crippen LogP contribution in [0.4, 0.5) is 4.39 Å². The second-order valence-corrected chi connectivity index (χ2v) is 6.42. The van der Waals surface area contributed by atoms with Crippen LogP contribution in [0.15, 0.2) is 30.9 Å². The lowest BCUT2D eigenvalue weighted by Crippen LogP contribution is -2.45. The summed E-state index contributed by atoms with van der Waals surface area (Å²) in [6, 6.07) is 4.08. The van der Waals surface area contributed by atoms with Crippen LogP contribution in [0.1, 0.15) is 43.7 Å². The highest BCUT2D eigenvalue weighted by Crippen LogP contribution is 2.47. The van der Waals surface area contributed by atoms with Crippen LogP contribution in [0.25, 0.3) is 0 Å². The van der Waals surface area contributed by atoms with Gasteiger partial charge in [0, 0.05) is 12.0 Å². The minimum atomic E-state index is -0.407. The van der Waals surface area contributed by atoms with E-state index in [1.165, 1.54) is 12.1 Å². The number of amides is 2. The van der Waals surface area contributed by atoms with Gasteiger partial charge in [-0.05, 0) is 50.0 Å². The molecule has 1 spiro atoms. The fourth-order valence-electron chi connectivity index (χ4n) is 3.58. The summed E-state index contributed by atoms with van der Waals surface area (Å²) >= 11 is 0. The second kappa shape index (κ2) is 6.63. The fourth-order valence-corrected chi connectivity index (χ4v) is 3.58. The topological polar surface area (TPSA) is 67.4 Å². The molecule has 1 saturated carbocycles. The molecule has 0 aromatic heterocycles. The van der Waals surface area contributed by atoms with Gasteiger partial charge in [0.1, 0.15) is 17.2 Å². The van der Waals surface area contributed by atoms with E-state index in [2.05, 4.69) is 17.2 Å². The number of hydrogen-bond acceptors (Lipinski definition) is 3. The van der Waals surface area contributed by atoms with Crippen LogP contribution in [-0.4, -0.2) is 24.0 Å². The van der Waals surface area contributed by atoms with E-state index in [0.29, 0.717) is 17.7 Å². The molecule has 1 fully saturated rings. The lowest BCUT2D eigenvalue weighted by molar-refractivity contribution is -0.124. The van der Waals surface area contributed by atoms with Crippen molar-refractivity contribution in [3.63, 3.8) is 0 Å². The maximum absolute atomic E-state index is 13.6. The first-order valence-electron chi connectivity index (χ1n) is 8.19. The van der Waals surface area contributed by atoms with Crippen molar-refractivity contribution >= 4 is 11.8 Å². The summed E-state index contributed by atoms with van der Waals surface area (Å²) in [6.45, 7) is 3.20. The molecule has 3 rings (SSSR count). The number of rotatable bonds is 4. The number of nitrogens with one attached hydrogen (secondary N) is 2. The minimum Gasteiger partial charge on any atom is -0.487 e. The van der Waals surface area contributed by atoms with Crippen molar-refractivity contribution in [2.24, 2.45) is 0 Å². The molecule has 0 radical (unpaired) electrons. The number of ether oxygens (including phenoxy) is 1.